The molecule has 19 heavy (non-hydrogen) atoms. The van der Waals surface area contributed by atoms with Gasteiger partial charge in [0.15, 0.2) is 0 Å². The van der Waals surface area contributed by atoms with Crippen LogP contribution in [0.3, 0.4) is 0 Å². The Balaban J connectivity index is 2.95. The minimum Gasteiger partial charge on any atom is -0.391 e. The third-order valence-corrected chi connectivity index (χ3v) is 2.49. The van der Waals surface area contributed by atoms with Crippen LogP contribution in [-0.2, 0) is 4.79 Å². The monoisotopic (exact) mass is 262 g/mol. The van der Waals surface area contributed by atoms with Crippen LogP contribution in [0.15, 0.2) is 24.3 Å². The number of hydroxylamine groups is 1. The molecule has 2 amide bonds. The molecule has 1 aromatic rings. The van der Waals surface area contributed by atoms with E-state index in [1.165, 1.54) is 18.5 Å². The number of hydrogen-bond donors (Lipinski definition) is 4. The van der Waals surface area contributed by atoms with Crippen LogP contribution in [0.2, 0.25) is 0 Å². The molecule has 6 heteroatoms. The van der Waals surface area contributed by atoms with Gasteiger partial charge in [-0.15, -0.1) is 6.42 Å². The van der Waals surface area contributed by atoms with E-state index in [4.69, 9.17) is 11.6 Å². The van der Waals surface area contributed by atoms with Crippen molar-refractivity contribution in [3.63, 3.8) is 0 Å². The van der Waals surface area contributed by atoms with Gasteiger partial charge >= 0.3 is 0 Å². The smallest absolute Gasteiger partial charge is 0.268 e. The lowest BCUT2D eigenvalue weighted by Gasteiger charge is -2.19. The number of benzene rings is 1. The molecular weight excluding hydrogens is 248 g/mol. The molecule has 0 saturated heterocycles. The van der Waals surface area contributed by atoms with Crippen LogP contribution < -0.4 is 10.8 Å². The lowest BCUT2D eigenvalue weighted by Crippen LogP contribution is -2.51. The van der Waals surface area contributed by atoms with Gasteiger partial charge in [-0.3, -0.25) is 14.8 Å². The predicted octanol–water partition coefficient (Wildman–Crippen LogP) is -0.348. The molecular formula is C13H14N2O4. The van der Waals surface area contributed by atoms with Crippen molar-refractivity contribution in [2.45, 2.75) is 19.1 Å². The fourth-order valence-corrected chi connectivity index (χ4v) is 1.50. The molecule has 0 aromatic heterocycles. The number of aliphatic hydroxyl groups is 1. The molecule has 0 aliphatic rings. The average Bonchev–Trinajstić information content (AvgIpc) is 2.43. The molecule has 0 radical (unpaired) electrons. The van der Waals surface area contributed by atoms with Crippen LogP contribution in [0, 0.1) is 12.3 Å². The first-order chi connectivity index (χ1) is 9.01. The van der Waals surface area contributed by atoms with Crippen molar-refractivity contribution in [3.05, 3.63) is 35.4 Å². The number of nitrogens with one attached hydrogen (secondary N) is 2. The topological polar surface area (TPSA) is 98.7 Å². The lowest BCUT2D eigenvalue weighted by atomic mass is 10.1. The highest BCUT2D eigenvalue weighted by Crippen LogP contribution is 2.08. The van der Waals surface area contributed by atoms with Crippen LogP contribution in [0.1, 0.15) is 22.8 Å². The summed E-state index contributed by atoms with van der Waals surface area (Å²) in [5, 5.41) is 20.3. The van der Waals surface area contributed by atoms with Gasteiger partial charge in [0, 0.05) is 5.56 Å². The van der Waals surface area contributed by atoms with E-state index in [0.29, 0.717) is 5.56 Å². The Morgan fingerprint density at radius 3 is 2.53 bits per heavy atom. The number of aliphatic hydroxyl groups excluding tert-OH is 1. The first-order valence-corrected chi connectivity index (χ1v) is 5.49. The summed E-state index contributed by atoms with van der Waals surface area (Å²) in [7, 11) is 0. The predicted molar refractivity (Wildman–Crippen MR) is 67.2 cm³/mol. The first-order valence-electron chi connectivity index (χ1n) is 5.49. The Kier molecular flexibility index (Phi) is 5.06. The third kappa shape index (κ3) is 3.55. The molecule has 2 unspecified atom stereocenters. The van der Waals surface area contributed by atoms with E-state index in [9.17, 15) is 14.7 Å². The van der Waals surface area contributed by atoms with Gasteiger partial charge in [0.1, 0.15) is 6.04 Å². The van der Waals surface area contributed by atoms with Crippen molar-refractivity contribution >= 4 is 11.8 Å². The molecule has 1 rings (SSSR count). The molecule has 0 spiro atoms. The van der Waals surface area contributed by atoms with E-state index in [1.54, 1.807) is 18.2 Å². The summed E-state index contributed by atoms with van der Waals surface area (Å²) >= 11 is 0. The number of carbonyl (C=O) groups excluding carboxylic acids is 2. The van der Waals surface area contributed by atoms with Gasteiger partial charge in [-0.1, -0.05) is 18.1 Å². The quantitative estimate of drug-likeness (QED) is 0.339. The zero-order valence-electron chi connectivity index (χ0n) is 10.3. The van der Waals surface area contributed by atoms with Gasteiger partial charge in [-0.05, 0) is 19.1 Å². The van der Waals surface area contributed by atoms with E-state index in [2.05, 4.69) is 11.2 Å². The molecule has 6 nitrogen and oxygen atoms in total. The molecule has 1 aromatic carbocycles. The normalized spacial score (nSPS) is 12.9. The zero-order chi connectivity index (χ0) is 14.4. The average molecular weight is 262 g/mol. The molecule has 0 aliphatic heterocycles. The molecule has 2 atom stereocenters. The fraction of sp³-hybridized carbons (Fsp3) is 0.231. The fourth-order valence-electron chi connectivity index (χ4n) is 1.50. The highest BCUT2D eigenvalue weighted by molar-refractivity contribution is 5.99. The summed E-state index contributed by atoms with van der Waals surface area (Å²) in [6.45, 7) is 1.31. The maximum atomic E-state index is 12.0. The van der Waals surface area contributed by atoms with Gasteiger partial charge in [-0.2, -0.15) is 0 Å². The Labute approximate surface area is 110 Å². The minimum absolute atomic E-state index is 0.210. The molecule has 0 aliphatic carbocycles. The maximum absolute atomic E-state index is 12.0. The summed E-state index contributed by atoms with van der Waals surface area (Å²) in [5.41, 5.74) is 1.96. The molecule has 4 N–H and O–H groups in total. The Morgan fingerprint density at radius 1 is 1.37 bits per heavy atom. The SMILES string of the molecule is C#Cc1ccccc1C(=O)NC(C(=O)NO)C(C)O. The number of hydrogen-bond acceptors (Lipinski definition) is 4. The second-order valence-electron chi connectivity index (χ2n) is 3.86. The zero-order valence-corrected chi connectivity index (χ0v) is 10.3. The van der Waals surface area contributed by atoms with Crippen LogP contribution in [0.25, 0.3) is 0 Å². The number of amides is 2. The molecule has 0 fully saturated rings. The second kappa shape index (κ2) is 6.54. The van der Waals surface area contributed by atoms with Crippen molar-refractivity contribution < 1.29 is 19.9 Å². The van der Waals surface area contributed by atoms with Gasteiger partial charge in [0.25, 0.3) is 11.8 Å². The van der Waals surface area contributed by atoms with E-state index in [1.807, 2.05) is 0 Å². The summed E-state index contributed by atoms with van der Waals surface area (Å²) in [4.78, 5) is 23.3. The molecule has 100 valence electrons. The molecule has 0 heterocycles. The van der Waals surface area contributed by atoms with Crippen molar-refractivity contribution in [2.24, 2.45) is 0 Å². The van der Waals surface area contributed by atoms with Crippen LogP contribution in [-0.4, -0.2) is 34.3 Å². The van der Waals surface area contributed by atoms with E-state index in [-0.39, 0.29) is 5.56 Å². The van der Waals surface area contributed by atoms with Gasteiger partial charge in [0.05, 0.1) is 11.7 Å². The largest absolute Gasteiger partial charge is 0.391 e. The Bertz CT molecular complexity index is 520. The molecule has 0 bridgehead atoms. The van der Waals surface area contributed by atoms with E-state index in [0.717, 1.165) is 0 Å². The van der Waals surface area contributed by atoms with Crippen molar-refractivity contribution in [2.75, 3.05) is 0 Å². The van der Waals surface area contributed by atoms with E-state index < -0.39 is 24.0 Å². The lowest BCUT2D eigenvalue weighted by molar-refractivity contribution is -0.133. The van der Waals surface area contributed by atoms with Gasteiger partial charge < -0.3 is 10.4 Å². The number of terminal acetylenes is 1. The van der Waals surface area contributed by atoms with E-state index >= 15 is 0 Å². The maximum Gasteiger partial charge on any atom is 0.268 e. The van der Waals surface area contributed by atoms with Crippen molar-refractivity contribution in [3.8, 4) is 12.3 Å². The van der Waals surface area contributed by atoms with Crippen molar-refractivity contribution in [1.82, 2.24) is 10.8 Å². The summed E-state index contributed by atoms with van der Waals surface area (Å²) in [6.07, 6.45) is 4.09. The van der Waals surface area contributed by atoms with Crippen molar-refractivity contribution in [1.29, 1.82) is 0 Å². The number of carbonyl (C=O) groups is 2. The minimum atomic E-state index is -1.27. The van der Waals surface area contributed by atoms with Crippen LogP contribution >= 0.6 is 0 Å². The van der Waals surface area contributed by atoms with Gasteiger partial charge in [-0.25, -0.2) is 5.48 Å². The summed E-state index contributed by atoms with van der Waals surface area (Å²) < 4.78 is 0. The Hall–Kier alpha value is -2.36. The highest BCUT2D eigenvalue weighted by Gasteiger charge is 2.26. The summed E-state index contributed by atoms with van der Waals surface area (Å²) in [6, 6.07) is 5.11. The standard InChI is InChI=1S/C13H14N2O4/c1-3-9-6-4-5-7-10(9)12(17)14-11(8(2)16)13(18)15-19/h1,4-8,11,16,19H,2H3,(H,14,17)(H,15,18). The highest BCUT2D eigenvalue weighted by atomic mass is 16.5. The number of rotatable bonds is 4. The molecule has 0 saturated carbocycles. The van der Waals surface area contributed by atoms with Gasteiger partial charge in [0.2, 0.25) is 0 Å². The van der Waals surface area contributed by atoms with Crippen LogP contribution in [0.5, 0.6) is 0 Å². The first kappa shape index (κ1) is 14.7. The second-order valence-corrected chi connectivity index (χ2v) is 3.86. The summed E-state index contributed by atoms with van der Waals surface area (Å²) in [5.74, 6) is 0.825. The third-order valence-electron chi connectivity index (χ3n) is 2.49. The van der Waals surface area contributed by atoms with Crippen LogP contribution in [0.4, 0.5) is 0 Å². The Morgan fingerprint density at radius 2 is 2.00 bits per heavy atom.